The molecule has 1 aliphatic heterocycles. The number of phenolic OH excluding ortho intramolecular Hbond substituents is 2. The van der Waals surface area contributed by atoms with E-state index in [-0.39, 0.29) is 30.8 Å². The van der Waals surface area contributed by atoms with Crippen molar-refractivity contribution in [2.75, 3.05) is 6.67 Å². The van der Waals surface area contributed by atoms with Crippen LogP contribution in [0.25, 0.3) is 0 Å². The normalized spacial score (nSPS) is 33.5. The number of fused-ring (bicyclic) bond motifs is 1. The van der Waals surface area contributed by atoms with Gasteiger partial charge >= 0.3 is 0 Å². The Balaban J connectivity index is 1.92. The van der Waals surface area contributed by atoms with Crippen molar-refractivity contribution in [2.45, 2.75) is 63.8 Å². The third-order valence-corrected chi connectivity index (χ3v) is 5.54. The van der Waals surface area contributed by atoms with Gasteiger partial charge in [0.2, 0.25) is 0 Å². The van der Waals surface area contributed by atoms with Crippen LogP contribution in [0.2, 0.25) is 0 Å². The molecule has 0 aromatic heterocycles. The highest BCUT2D eigenvalue weighted by Gasteiger charge is 2.40. The quantitative estimate of drug-likeness (QED) is 0.580. The second-order valence-corrected chi connectivity index (χ2v) is 7.48. The van der Waals surface area contributed by atoms with Crippen LogP contribution < -0.4 is 5.73 Å². The number of nitrogens with two attached hydrogens (primary N) is 1. The summed E-state index contributed by atoms with van der Waals surface area (Å²) in [5.74, 6) is -1.32. The highest BCUT2D eigenvalue weighted by molar-refractivity contribution is 5.83. The maximum Gasteiger partial charge on any atom is 0.167 e. The minimum absolute atomic E-state index is 0.0298. The summed E-state index contributed by atoms with van der Waals surface area (Å²) in [5.41, 5.74) is 7.17. The van der Waals surface area contributed by atoms with Crippen molar-refractivity contribution in [2.24, 2.45) is 11.7 Å². The van der Waals surface area contributed by atoms with Gasteiger partial charge < -0.3 is 30.5 Å². The number of hydrogen-bond donors (Lipinski definition) is 4. The Labute approximate surface area is 156 Å². The van der Waals surface area contributed by atoms with Gasteiger partial charge in [0.25, 0.3) is 0 Å². The Morgan fingerprint density at radius 3 is 2.74 bits per heavy atom. The van der Waals surface area contributed by atoms with Crippen molar-refractivity contribution >= 4 is 5.78 Å². The molecule has 2 aliphatic rings. The van der Waals surface area contributed by atoms with E-state index in [1.165, 1.54) is 6.07 Å². The lowest BCUT2D eigenvalue weighted by Gasteiger charge is -2.39. The largest absolute Gasteiger partial charge is 0.508 e. The van der Waals surface area contributed by atoms with Gasteiger partial charge in [0.15, 0.2) is 12.1 Å². The average Bonchev–Trinajstić information content (AvgIpc) is 2.62. The third-order valence-electron chi connectivity index (χ3n) is 5.54. The van der Waals surface area contributed by atoms with Crippen molar-refractivity contribution in [1.29, 1.82) is 0 Å². The second-order valence-electron chi connectivity index (χ2n) is 7.48. The van der Waals surface area contributed by atoms with Crippen molar-refractivity contribution < 1.29 is 34.0 Å². The highest BCUT2D eigenvalue weighted by atomic mass is 19.1. The summed E-state index contributed by atoms with van der Waals surface area (Å²) in [7, 11) is 0. The van der Waals surface area contributed by atoms with Crippen molar-refractivity contribution in [3.05, 3.63) is 22.8 Å². The van der Waals surface area contributed by atoms with Crippen LogP contribution >= 0.6 is 0 Å². The molecule has 3 rings (SSSR count). The summed E-state index contributed by atoms with van der Waals surface area (Å²) < 4.78 is 24.6. The molecule has 0 bridgehead atoms. The van der Waals surface area contributed by atoms with Crippen LogP contribution in [0.1, 0.15) is 42.6 Å². The van der Waals surface area contributed by atoms with E-state index >= 15 is 0 Å². The SMILES string of the molecule is Cc1cc(O)c2c(c1O)C[C@@H](C(=O)CF)C[C@@H]2OC1CC(N)C(O)C(C)O1. The fraction of sp³-hybridized carbons (Fsp3) is 0.632. The van der Waals surface area contributed by atoms with Crippen LogP contribution in [-0.2, 0) is 20.7 Å². The molecule has 1 heterocycles. The topological polar surface area (TPSA) is 122 Å². The van der Waals surface area contributed by atoms with Crippen molar-refractivity contribution in [3.63, 3.8) is 0 Å². The van der Waals surface area contributed by atoms with E-state index in [2.05, 4.69) is 0 Å². The second kappa shape index (κ2) is 7.71. The number of Topliss-reactive ketones (excluding diaryl/α,β-unsaturated/α-hetero) is 1. The van der Waals surface area contributed by atoms with Gasteiger partial charge in [0.1, 0.15) is 18.2 Å². The number of aromatic hydroxyl groups is 2. The van der Waals surface area contributed by atoms with E-state index in [0.717, 1.165) is 0 Å². The fourth-order valence-corrected chi connectivity index (χ4v) is 3.98. The number of phenols is 2. The van der Waals surface area contributed by atoms with E-state index in [9.17, 15) is 24.5 Å². The van der Waals surface area contributed by atoms with Gasteiger partial charge in [0.05, 0.1) is 18.3 Å². The summed E-state index contributed by atoms with van der Waals surface area (Å²) in [5, 5.41) is 30.8. The van der Waals surface area contributed by atoms with Crippen LogP contribution in [-0.4, -0.2) is 52.3 Å². The molecular weight excluding hydrogens is 357 g/mol. The zero-order chi connectivity index (χ0) is 19.9. The first-order chi connectivity index (χ1) is 12.7. The molecule has 1 aromatic rings. The van der Waals surface area contributed by atoms with Gasteiger partial charge in [0, 0.05) is 29.5 Å². The molecule has 150 valence electrons. The number of ketones is 1. The lowest BCUT2D eigenvalue weighted by molar-refractivity contribution is -0.243. The van der Waals surface area contributed by atoms with Gasteiger partial charge in [-0.1, -0.05) is 0 Å². The number of alkyl halides is 1. The molecule has 1 fully saturated rings. The lowest BCUT2D eigenvalue weighted by Crippen LogP contribution is -2.52. The number of rotatable bonds is 4. The summed E-state index contributed by atoms with van der Waals surface area (Å²) in [6.07, 6.45) is -2.33. The van der Waals surface area contributed by atoms with Crippen LogP contribution in [0.15, 0.2) is 6.07 Å². The molecule has 0 radical (unpaired) electrons. The van der Waals surface area contributed by atoms with Gasteiger partial charge in [-0.2, -0.15) is 0 Å². The summed E-state index contributed by atoms with van der Waals surface area (Å²) in [6, 6.07) is 0.895. The van der Waals surface area contributed by atoms with Crippen LogP contribution in [0.3, 0.4) is 0 Å². The number of aryl methyl sites for hydroxylation is 1. The Morgan fingerprint density at radius 1 is 1.41 bits per heavy atom. The smallest absolute Gasteiger partial charge is 0.167 e. The Bertz CT molecular complexity index is 715. The predicted octanol–water partition coefficient (Wildman–Crippen LogP) is 1.39. The first-order valence-electron chi connectivity index (χ1n) is 9.10. The number of aliphatic hydroxyl groups is 1. The third kappa shape index (κ3) is 3.80. The van der Waals surface area contributed by atoms with Crippen molar-refractivity contribution in [3.8, 4) is 11.5 Å². The first kappa shape index (κ1) is 20.0. The zero-order valence-corrected chi connectivity index (χ0v) is 15.4. The molecule has 0 amide bonds. The zero-order valence-electron chi connectivity index (χ0n) is 15.4. The molecule has 1 aromatic carbocycles. The summed E-state index contributed by atoms with van der Waals surface area (Å²) >= 11 is 0. The Morgan fingerprint density at radius 2 is 2.11 bits per heavy atom. The number of hydrogen-bond acceptors (Lipinski definition) is 7. The van der Waals surface area contributed by atoms with Crippen molar-refractivity contribution in [1.82, 2.24) is 0 Å². The van der Waals surface area contributed by atoms with Gasteiger partial charge in [-0.3, -0.25) is 4.79 Å². The van der Waals surface area contributed by atoms with Gasteiger partial charge in [-0.15, -0.1) is 0 Å². The number of carbonyl (C=O) groups excluding carboxylic acids is 1. The van der Waals surface area contributed by atoms with E-state index in [0.29, 0.717) is 16.7 Å². The maximum atomic E-state index is 13.0. The number of aliphatic hydroxyl groups excluding tert-OH is 1. The standard InChI is InChI=1S/C19H26FNO6/c1-8-3-13(22)17-11(18(8)24)4-10(14(23)7-20)5-15(17)27-16-6-12(21)19(25)9(2)26-16/h3,9-10,12,15-16,19,22,24-25H,4-7,21H2,1-2H3/t9?,10-,12?,15+,16?,19?/m1/s1. The molecule has 7 nitrogen and oxygen atoms in total. The molecule has 6 atom stereocenters. The molecule has 0 saturated carbocycles. The van der Waals surface area contributed by atoms with Crippen LogP contribution in [0, 0.1) is 12.8 Å². The van der Waals surface area contributed by atoms with Crippen LogP contribution in [0.5, 0.6) is 11.5 Å². The van der Waals surface area contributed by atoms with E-state index in [1.54, 1.807) is 13.8 Å². The van der Waals surface area contributed by atoms with E-state index < -0.39 is 49.0 Å². The number of ether oxygens (including phenoxy) is 2. The van der Waals surface area contributed by atoms with Gasteiger partial charge in [-0.25, -0.2) is 4.39 Å². The fourth-order valence-electron chi connectivity index (χ4n) is 3.98. The molecule has 1 aliphatic carbocycles. The number of carbonyl (C=O) groups is 1. The first-order valence-corrected chi connectivity index (χ1v) is 9.10. The number of halogens is 1. The van der Waals surface area contributed by atoms with E-state index in [1.807, 2.05) is 0 Å². The molecular formula is C19H26FNO6. The molecule has 27 heavy (non-hydrogen) atoms. The van der Waals surface area contributed by atoms with E-state index in [4.69, 9.17) is 15.2 Å². The minimum atomic E-state index is -1.10. The summed E-state index contributed by atoms with van der Waals surface area (Å²) in [4.78, 5) is 12.0. The number of benzene rings is 1. The molecule has 5 N–H and O–H groups in total. The maximum absolute atomic E-state index is 13.0. The minimum Gasteiger partial charge on any atom is -0.508 e. The lowest BCUT2D eigenvalue weighted by atomic mass is 9.78. The van der Waals surface area contributed by atoms with Crippen LogP contribution in [0.4, 0.5) is 4.39 Å². The highest BCUT2D eigenvalue weighted by Crippen LogP contribution is 2.46. The Hall–Kier alpha value is -1.74. The molecule has 8 heteroatoms. The Kier molecular flexibility index (Phi) is 5.71. The molecule has 1 saturated heterocycles. The predicted molar refractivity (Wildman–Crippen MR) is 94.1 cm³/mol. The molecule has 4 unspecified atom stereocenters. The monoisotopic (exact) mass is 383 g/mol. The molecule has 0 spiro atoms. The summed E-state index contributed by atoms with van der Waals surface area (Å²) in [6.45, 7) is 2.22. The van der Waals surface area contributed by atoms with Gasteiger partial charge in [-0.05, 0) is 38.3 Å². The average molecular weight is 383 g/mol.